The van der Waals surface area contributed by atoms with E-state index >= 15 is 0 Å². The van der Waals surface area contributed by atoms with Gasteiger partial charge in [-0.2, -0.15) is 0 Å². The average molecular weight is 251 g/mol. The third-order valence-electron chi connectivity index (χ3n) is 3.22. The van der Waals surface area contributed by atoms with Crippen LogP contribution in [0.2, 0.25) is 0 Å². The Balaban J connectivity index is 2.70. The van der Waals surface area contributed by atoms with Crippen LogP contribution in [-0.2, 0) is 6.42 Å². The summed E-state index contributed by atoms with van der Waals surface area (Å²) in [4.78, 5) is 0. The summed E-state index contributed by atoms with van der Waals surface area (Å²) >= 11 is 0. The van der Waals surface area contributed by atoms with Gasteiger partial charge >= 0.3 is 0 Å². The van der Waals surface area contributed by atoms with Gasteiger partial charge in [0.1, 0.15) is 0 Å². The molecule has 0 fully saturated rings. The standard InChI is InChI=1S/C15H25NO2/c1-5-12-6-8-13(9-7-12)14(18)11(2)16-15(3,4)10-17/h6-9,11,14,16-18H,5,10H2,1-4H3. The van der Waals surface area contributed by atoms with Gasteiger partial charge in [-0.15, -0.1) is 0 Å². The van der Waals surface area contributed by atoms with Crippen molar-refractivity contribution in [2.45, 2.75) is 51.8 Å². The monoisotopic (exact) mass is 251 g/mol. The van der Waals surface area contributed by atoms with Crippen LogP contribution < -0.4 is 5.32 Å². The minimum absolute atomic E-state index is 0.0405. The molecular formula is C15H25NO2. The molecule has 0 aliphatic heterocycles. The van der Waals surface area contributed by atoms with Crippen molar-refractivity contribution in [3.8, 4) is 0 Å². The van der Waals surface area contributed by atoms with Crippen LogP contribution >= 0.6 is 0 Å². The Bertz CT molecular complexity index is 359. The molecule has 2 unspecified atom stereocenters. The third kappa shape index (κ3) is 4.09. The van der Waals surface area contributed by atoms with Gasteiger partial charge in [-0.05, 0) is 38.3 Å². The maximum atomic E-state index is 10.3. The average Bonchev–Trinajstić information content (AvgIpc) is 2.37. The molecular weight excluding hydrogens is 226 g/mol. The van der Waals surface area contributed by atoms with Gasteiger partial charge in [-0.1, -0.05) is 31.2 Å². The molecule has 0 aliphatic rings. The van der Waals surface area contributed by atoms with E-state index in [1.807, 2.05) is 45.0 Å². The normalized spacial score (nSPS) is 15.4. The highest BCUT2D eigenvalue weighted by Crippen LogP contribution is 2.19. The highest BCUT2D eigenvalue weighted by atomic mass is 16.3. The molecule has 3 heteroatoms. The Kier molecular flexibility index (Phi) is 5.32. The first kappa shape index (κ1) is 15.2. The first-order valence-corrected chi connectivity index (χ1v) is 6.55. The SMILES string of the molecule is CCc1ccc(C(O)C(C)NC(C)(C)CO)cc1. The number of aliphatic hydroxyl groups excluding tert-OH is 2. The summed E-state index contributed by atoms with van der Waals surface area (Å²) in [6.07, 6.45) is 0.434. The molecule has 0 radical (unpaired) electrons. The van der Waals surface area contributed by atoms with E-state index in [0.717, 1.165) is 12.0 Å². The number of aliphatic hydroxyl groups is 2. The van der Waals surface area contributed by atoms with Gasteiger partial charge in [0.25, 0.3) is 0 Å². The molecule has 0 saturated heterocycles. The predicted octanol–water partition coefficient (Wildman–Crippen LogP) is 2.03. The molecule has 0 aromatic heterocycles. The molecule has 0 amide bonds. The second kappa shape index (κ2) is 6.32. The van der Waals surface area contributed by atoms with Crippen molar-refractivity contribution in [3.63, 3.8) is 0 Å². The van der Waals surface area contributed by atoms with Crippen molar-refractivity contribution < 1.29 is 10.2 Å². The minimum Gasteiger partial charge on any atom is -0.394 e. The van der Waals surface area contributed by atoms with E-state index in [0.29, 0.717) is 0 Å². The van der Waals surface area contributed by atoms with Crippen LogP contribution in [-0.4, -0.2) is 28.4 Å². The molecule has 3 N–H and O–H groups in total. The molecule has 0 heterocycles. The summed E-state index contributed by atoms with van der Waals surface area (Å²) in [6.45, 7) is 7.90. The van der Waals surface area contributed by atoms with Crippen LogP contribution in [0.15, 0.2) is 24.3 Å². The Morgan fingerprint density at radius 1 is 1.22 bits per heavy atom. The highest BCUT2D eigenvalue weighted by Gasteiger charge is 2.24. The molecule has 3 nitrogen and oxygen atoms in total. The first-order valence-electron chi connectivity index (χ1n) is 6.55. The number of hydrogen-bond acceptors (Lipinski definition) is 3. The Labute approximate surface area is 110 Å². The molecule has 18 heavy (non-hydrogen) atoms. The fourth-order valence-electron chi connectivity index (χ4n) is 1.98. The van der Waals surface area contributed by atoms with Crippen LogP contribution in [0, 0.1) is 0 Å². The Hall–Kier alpha value is -0.900. The number of aryl methyl sites for hydroxylation is 1. The van der Waals surface area contributed by atoms with E-state index in [4.69, 9.17) is 0 Å². The third-order valence-corrected chi connectivity index (χ3v) is 3.22. The number of rotatable bonds is 6. The summed E-state index contributed by atoms with van der Waals surface area (Å²) < 4.78 is 0. The molecule has 0 saturated carbocycles. The lowest BCUT2D eigenvalue weighted by atomic mass is 9.98. The van der Waals surface area contributed by atoms with Gasteiger partial charge in [0.05, 0.1) is 12.7 Å². The van der Waals surface area contributed by atoms with Crippen molar-refractivity contribution >= 4 is 0 Å². The van der Waals surface area contributed by atoms with E-state index in [1.54, 1.807) is 0 Å². The van der Waals surface area contributed by atoms with Gasteiger partial charge in [-0.3, -0.25) is 0 Å². The number of hydrogen-bond donors (Lipinski definition) is 3. The lowest BCUT2D eigenvalue weighted by molar-refractivity contribution is 0.0991. The van der Waals surface area contributed by atoms with Crippen LogP contribution in [0.1, 0.15) is 44.9 Å². The number of nitrogens with one attached hydrogen (secondary N) is 1. The zero-order valence-corrected chi connectivity index (χ0v) is 11.8. The summed E-state index contributed by atoms with van der Waals surface area (Å²) in [6, 6.07) is 7.91. The zero-order valence-electron chi connectivity index (χ0n) is 11.8. The van der Waals surface area contributed by atoms with Crippen LogP contribution in [0.3, 0.4) is 0 Å². The smallest absolute Gasteiger partial charge is 0.0940 e. The quantitative estimate of drug-likeness (QED) is 0.725. The van der Waals surface area contributed by atoms with Crippen molar-refractivity contribution in [2.75, 3.05) is 6.61 Å². The van der Waals surface area contributed by atoms with E-state index in [1.165, 1.54) is 5.56 Å². The fourth-order valence-corrected chi connectivity index (χ4v) is 1.98. The lowest BCUT2D eigenvalue weighted by Crippen LogP contribution is -2.49. The molecule has 102 valence electrons. The molecule has 1 aromatic carbocycles. The van der Waals surface area contributed by atoms with Gasteiger partial charge < -0.3 is 15.5 Å². The van der Waals surface area contributed by atoms with Gasteiger partial charge in [0, 0.05) is 11.6 Å². The Morgan fingerprint density at radius 3 is 2.22 bits per heavy atom. The topological polar surface area (TPSA) is 52.5 Å². The predicted molar refractivity (Wildman–Crippen MR) is 74.5 cm³/mol. The molecule has 1 rings (SSSR count). The Morgan fingerprint density at radius 2 is 1.78 bits per heavy atom. The number of benzene rings is 1. The minimum atomic E-state index is -0.568. The maximum absolute atomic E-state index is 10.3. The first-order chi connectivity index (χ1) is 8.39. The molecule has 0 bridgehead atoms. The molecule has 1 aromatic rings. The van der Waals surface area contributed by atoms with E-state index < -0.39 is 6.10 Å². The lowest BCUT2D eigenvalue weighted by Gasteiger charge is -2.31. The van der Waals surface area contributed by atoms with Gasteiger partial charge in [-0.25, -0.2) is 0 Å². The van der Waals surface area contributed by atoms with Gasteiger partial charge in [0.15, 0.2) is 0 Å². The molecule has 0 spiro atoms. The summed E-state index contributed by atoms with van der Waals surface area (Å²) in [5, 5.41) is 22.7. The van der Waals surface area contributed by atoms with Crippen LogP contribution in [0.4, 0.5) is 0 Å². The van der Waals surface area contributed by atoms with E-state index in [2.05, 4.69) is 12.2 Å². The molecule has 2 atom stereocenters. The van der Waals surface area contributed by atoms with Crippen molar-refractivity contribution in [1.29, 1.82) is 0 Å². The van der Waals surface area contributed by atoms with Gasteiger partial charge in [0.2, 0.25) is 0 Å². The van der Waals surface area contributed by atoms with Crippen molar-refractivity contribution in [2.24, 2.45) is 0 Å². The summed E-state index contributed by atoms with van der Waals surface area (Å²) in [5.41, 5.74) is 1.78. The van der Waals surface area contributed by atoms with Crippen molar-refractivity contribution in [1.82, 2.24) is 5.32 Å². The molecule has 0 aliphatic carbocycles. The van der Waals surface area contributed by atoms with Crippen LogP contribution in [0.5, 0.6) is 0 Å². The van der Waals surface area contributed by atoms with Crippen molar-refractivity contribution in [3.05, 3.63) is 35.4 Å². The van der Waals surface area contributed by atoms with E-state index in [9.17, 15) is 10.2 Å². The second-order valence-corrected chi connectivity index (χ2v) is 5.51. The maximum Gasteiger partial charge on any atom is 0.0940 e. The second-order valence-electron chi connectivity index (χ2n) is 5.51. The highest BCUT2D eigenvalue weighted by molar-refractivity contribution is 5.25. The van der Waals surface area contributed by atoms with Crippen LogP contribution in [0.25, 0.3) is 0 Å². The summed E-state index contributed by atoms with van der Waals surface area (Å²) in [5.74, 6) is 0. The fraction of sp³-hybridized carbons (Fsp3) is 0.600. The zero-order chi connectivity index (χ0) is 13.8. The van der Waals surface area contributed by atoms with E-state index in [-0.39, 0.29) is 18.2 Å². The largest absolute Gasteiger partial charge is 0.394 e. The summed E-state index contributed by atoms with van der Waals surface area (Å²) in [7, 11) is 0.